The number of anilines is 1. The number of aryl methyl sites for hydroxylation is 2. The molecule has 0 saturated carbocycles. The van der Waals surface area contributed by atoms with Gasteiger partial charge in [0.2, 0.25) is 0 Å². The zero-order valence-corrected chi connectivity index (χ0v) is 25.2. The third-order valence-electron chi connectivity index (χ3n) is 7.21. The molecule has 1 aliphatic heterocycles. The van der Waals surface area contributed by atoms with Crippen molar-refractivity contribution in [3.63, 3.8) is 0 Å². The summed E-state index contributed by atoms with van der Waals surface area (Å²) in [5.41, 5.74) is 7.88. The second-order valence-electron chi connectivity index (χ2n) is 10.4. The van der Waals surface area contributed by atoms with E-state index < -0.39 is 5.91 Å². The minimum absolute atomic E-state index is 0.113. The number of piperidine rings is 1. The molecule has 0 spiro atoms. The van der Waals surface area contributed by atoms with E-state index in [1.165, 1.54) is 24.8 Å². The van der Waals surface area contributed by atoms with Crippen molar-refractivity contribution >= 4 is 35.5 Å². The Bertz CT molecular complexity index is 1390. The molecule has 1 heterocycles. The van der Waals surface area contributed by atoms with Crippen LogP contribution in [0, 0.1) is 13.8 Å². The molecule has 0 radical (unpaired) electrons. The van der Waals surface area contributed by atoms with Crippen LogP contribution in [0.1, 0.15) is 62.2 Å². The first-order valence-corrected chi connectivity index (χ1v) is 15.6. The van der Waals surface area contributed by atoms with Crippen molar-refractivity contribution in [3.05, 3.63) is 94.0 Å². The van der Waals surface area contributed by atoms with Crippen LogP contribution in [0.15, 0.2) is 65.8 Å². The van der Waals surface area contributed by atoms with Gasteiger partial charge in [-0.3, -0.25) is 14.5 Å². The predicted octanol–water partition coefficient (Wildman–Crippen LogP) is 5.41. The Morgan fingerprint density at radius 1 is 1.00 bits per heavy atom. The Hall–Kier alpha value is -3.66. The first-order chi connectivity index (χ1) is 20.4. The van der Waals surface area contributed by atoms with Gasteiger partial charge < -0.3 is 15.2 Å². The predicted molar refractivity (Wildman–Crippen MR) is 171 cm³/mol. The van der Waals surface area contributed by atoms with Crippen molar-refractivity contribution in [2.75, 3.05) is 43.9 Å². The minimum Gasteiger partial charge on any atom is -0.492 e. The van der Waals surface area contributed by atoms with Crippen LogP contribution in [-0.2, 0) is 5.75 Å². The highest BCUT2D eigenvalue weighted by Gasteiger charge is 2.17. The van der Waals surface area contributed by atoms with Gasteiger partial charge in [-0.05, 0) is 92.4 Å². The second kappa shape index (κ2) is 16.1. The molecular weight excluding hydrogens is 548 g/mol. The number of aliphatic hydroxyl groups excluding tert-OH is 1. The number of hydrogen-bond donors (Lipinski definition) is 3. The van der Waals surface area contributed by atoms with E-state index in [0.29, 0.717) is 35.1 Å². The van der Waals surface area contributed by atoms with Crippen molar-refractivity contribution in [2.45, 2.75) is 38.9 Å². The Balaban J connectivity index is 1.48. The lowest BCUT2D eigenvalue weighted by Gasteiger charge is -2.26. The number of nitrogens with one attached hydrogen (secondary N) is 2. The number of benzene rings is 3. The largest absolute Gasteiger partial charge is 0.492 e. The van der Waals surface area contributed by atoms with E-state index >= 15 is 0 Å². The van der Waals surface area contributed by atoms with Crippen LogP contribution < -0.4 is 15.5 Å². The molecule has 3 N–H and O–H groups in total. The van der Waals surface area contributed by atoms with E-state index in [-0.39, 0.29) is 18.1 Å². The Kier molecular flexibility index (Phi) is 12.0. The molecule has 3 aromatic carbocycles. The lowest BCUT2D eigenvalue weighted by Crippen LogP contribution is -2.33. The first-order valence-electron chi connectivity index (χ1n) is 14.4. The van der Waals surface area contributed by atoms with Crippen LogP contribution in [0.4, 0.5) is 5.69 Å². The van der Waals surface area contributed by atoms with Crippen molar-refractivity contribution in [1.29, 1.82) is 0 Å². The highest BCUT2D eigenvalue weighted by molar-refractivity contribution is 7.98. The van der Waals surface area contributed by atoms with E-state index in [9.17, 15) is 9.59 Å². The van der Waals surface area contributed by atoms with Gasteiger partial charge in [-0.25, -0.2) is 5.43 Å². The lowest BCUT2D eigenvalue weighted by atomic mass is 10.1. The molecule has 0 unspecified atom stereocenters. The lowest BCUT2D eigenvalue weighted by molar-refractivity contribution is 0.0955. The van der Waals surface area contributed by atoms with Crippen LogP contribution in [0.5, 0.6) is 5.75 Å². The number of likely N-dealkylation sites (tertiary alicyclic amines) is 1. The number of ether oxygens (including phenoxy) is 1. The SMILES string of the molecule is Cc1ccc(/C=N/NC(=O)c2cc(OCCN3CCCCC3)ccc2NC(=O)c2cccc(CSCCO)c2)cc1C. The Morgan fingerprint density at radius 3 is 2.62 bits per heavy atom. The fourth-order valence-electron chi connectivity index (χ4n) is 4.71. The number of hydrogen-bond acceptors (Lipinski definition) is 7. The summed E-state index contributed by atoms with van der Waals surface area (Å²) in [7, 11) is 0. The van der Waals surface area contributed by atoms with Crippen LogP contribution in [0.25, 0.3) is 0 Å². The highest BCUT2D eigenvalue weighted by Crippen LogP contribution is 2.24. The summed E-state index contributed by atoms with van der Waals surface area (Å²) in [5.74, 6) is 1.10. The highest BCUT2D eigenvalue weighted by atomic mass is 32.2. The van der Waals surface area contributed by atoms with E-state index in [0.717, 1.165) is 36.3 Å². The quantitative estimate of drug-likeness (QED) is 0.140. The van der Waals surface area contributed by atoms with E-state index in [4.69, 9.17) is 9.84 Å². The maximum atomic E-state index is 13.3. The van der Waals surface area contributed by atoms with Crippen LogP contribution in [-0.4, -0.2) is 66.6 Å². The molecule has 0 atom stereocenters. The monoisotopic (exact) mass is 588 g/mol. The first kappa shape index (κ1) is 31.3. The molecule has 42 heavy (non-hydrogen) atoms. The van der Waals surface area contributed by atoms with Crippen LogP contribution >= 0.6 is 11.8 Å². The van der Waals surface area contributed by atoms with Crippen molar-refractivity contribution < 1.29 is 19.4 Å². The van der Waals surface area contributed by atoms with Gasteiger partial charge in [0.05, 0.1) is 24.1 Å². The molecule has 0 aromatic heterocycles. The number of nitrogens with zero attached hydrogens (tertiary/aromatic N) is 2. The number of aliphatic hydroxyl groups is 1. The Morgan fingerprint density at radius 2 is 1.83 bits per heavy atom. The molecule has 3 aromatic rings. The summed E-state index contributed by atoms with van der Waals surface area (Å²) in [4.78, 5) is 28.9. The van der Waals surface area contributed by atoms with Crippen LogP contribution in [0.3, 0.4) is 0 Å². The normalized spacial score (nSPS) is 13.7. The zero-order chi connectivity index (χ0) is 29.7. The third-order valence-corrected chi connectivity index (χ3v) is 8.22. The van der Waals surface area contributed by atoms with Gasteiger partial charge in [0.15, 0.2) is 0 Å². The maximum Gasteiger partial charge on any atom is 0.273 e. The smallest absolute Gasteiger partial charge is 0.273 e. The molecule has 0 bridgehead atoms. The molecule has 222 valence electrons. The fraction of sp³-hybridized carbons (Fsp3) is 0.364. The molecule has 8 nitrogen and oxygen atoms in total. The fourth-order valence-corrected chi connectivity index (χ4v) is 5.40. The van der Waals surface area contributed by atoms with E-state index in [1.807, 2.05) is 50.2 Å². The molecule has 1 fully saturated rings. The average molecular weight is 589 g/mol. The molecule has 4 rings (SSSR count). The number of thioether (sulfide) groups is 1. The number of hydrazone groups is 1. The number of carbonyl (C=O) groups excluding carboxylic acids is 2. The second-order valence-corrected chi connectivity index (χ2v) is 11.5. The van der Waals surface area contributed by atoms with Gasteiger partial charge in [-0.2, -0.15) is 16.9 Å². The number of rotatable bonds is 13. The van der Waals surface area contributed by atoms with Gasteiger partial charge in [-0.15, -0.1) is 0 Å². The topological polar surface area (TPSA) is 103 Å². The summed E-state index contributed by atoms with van der Waals surface area (Å²) in [5, 5.41) is 16.1. The average Bonchev–Trinajstić information content (AvgIpc) is 3.00. The van der Waals surface area contributed by atoms with Crippen molar-refractivity contribution in [3.8, 4) is 5.75 Å². The Labute approximate surface area is 252 Å². The van der Waals surface area contributed by atoms with E-state index in [1.54, 1.807) is 42.2 Å². The summed E-state index contributed by atoms with van der Waals surface area (Å²) in [6.45, 7) is 7.70. The van der Waals surface area contributed by atoms with Gasteiger partial charge >= 0.3 is 0 Å². The van der Waals surface area contributed by atoms with Gasteiger partial charge in [-0.1, -0.05) is 36.8 Å². The molecule has 1 aliphatic rings. The van der Waals surface area contributed by atoms with Gasteiger partial charge in [0, 0.05) is 23.6 Å². The zero-order valence-electron chi connectivity index (χ0n) is 24.4. The minimum atomic E-state index is -0.457. The van der Waals surface area contributed by atoms with Crippen molar-refractivity contribution in [2.24, 2.45) is 5.10 Å². The van der Waals surface area contributed by atoms with Crippen LogP contribution in [0.2, 0.25) is 0 Å². The summed E-state index contributed by atoms with van der Waals surface area (Å²) in [6.07, 6.45) is 5.31. The number of amides is 2. The summed E-state index contributed by atoms with van der Waals surface area (Å²) in [6, 6.07) is 18.4. The molecular formula is C33H40N4O4S. The molecule has 1 saturated heterocycles. The molecule has 2 amide bonds. The molecule has 9 heteroatoms. The summed E-state index contributed by atoms with van der Waals surface area (Å²) >= 11 is 1.60. The van der Waals surface area contributed by atoms with E-state index in [2.05, 4.69) is 20.7 Å². The number of carbonyl (C=O) groups is 2. The van der Waals surface area contributed by atoms with Gasteiger partial charge in [0.25, 0.3) is 11.8 Å². The van der Waals surface area contributed by atoms with Crippen molar-refractivity contribution in [1.82, 2.24) is 10.3 Å². The molecule has 0 aliphatic carbocycles. The standard InChI is InChI=1S/C33H40N4O4S/c1-24-9-10-26(19-25(24)2)22-34-36-33(40)30-21-29(41-17-15-37-13-4-3-5-14-37)11-12-31(30)35-32(39)28-8-6-7-27(20-28)23-42-18-16-38/h6-12,19-22,38H,3-5,13-18,23H2,1-2H3,(H,35,39)(H,36,40)/b34-22+. The summed E-state index contributed by atoms with van der Waals surface area (Å²) < 4.78 is 6.01. The third kappa shape index (κ3) is 9.44. The maximum absolute atomic E-state index is 13.3. The van der Waals surface area contributed by atoms with Gasteiger partial charge in [0.1, 0.15) is 12.4 Å².